The lowest BCUT2D eigenvalue weighted by atomic mass is 9.99. The quantitative estimate of drug-likeness (QED) is 0.696. The normalized spacial score (nSPS) is 13.1. The molecule has 0 spiro atoms. The van der Waals surface area contributed by atoms with E-state index in [0.717, 1.165) is 6.42 Å². The summed E-state index contributed by atoms with van der Waals surface area (Å²) in [6.45, 7) is 4.77. The molecule has 1 aromatic heterocycles. The summed E-state index contributed by atoms with van der Waals surface area (Å²) in [5.74, 6) is -2.20. The van der Waals surface area contributed by atoms with Crippen molar-refractivity contribution in [3.8, 4) is 0 Å². The first-order chi connectivity index (χ1) is 10.2. The first-order valence-corrected chi connectivity index (χ1v) is 8.39. The lowest BCUT2D eigenvalue weighted by molar-refractivity contribution is -0.118. The van der Waals surface area contributed by atoms with Crippen molar-refractivity contribution in [3.63, 3.8) is 0 Å². The second kappa shape index (κ2) is 7.34. The Morgan fingerprint density at radius 3 is 2.50 bits per heavy atom. The van der Waals surface area contributed by atoms with Gasteiger partial charge in [0.15, 0.2) is 0 Å². The van der Waals surface area contributed by atoms with Crippen molar-refractivity contribution < 1.29 is 22.5 Å². The van der Waals surface area contributed by atoms with Crippen LogP contribution in [0.1, 0.15) is 62.5 Å². The second-order valence-corrected chi connectivity index (χ2v) is 7.37. The molecular formula is C12H20N4O5S. The molecule has 2 amide bonds. The maximum Gasteiger partial charge on any atom is 0.306 e. The van der Waals surface area contributed by atoms with Gasteiger partial charge in [-0.15, -0.1) is 0 Å². The van der Waals surface area contributed by atoms with Gasteiger partial charge < -0.3 is 10.3 Å². The largest absolute Gasteiger partial charge is 0.370 e. The smallest absolute Gasteiger partial charge is 0.306 e. The molecule has 0 aliphatic heterocycles. The number of hydrogen-bond acceptors (Lipinski definition) is 7. The zero-order valence-corrected chi connectivity index (χ0v) is 13.5. The number of nitrogens with zero attached hydrogens (tertiary/aromatic N) is 2. The molecule has 124 valence electrons. The molecule has 3 N–H and O–H groups in total. The van der Waals surface area contributed by atoms with Gasteiger partial charge in [0.05, 0.1) is 5.25 Å². The number of nitrogens with two attached hydrogens (primary N) is 1. The third kappa shape index (κ3) is 4.79. The lowest BCUT2D eigenvalue weighted by Gasteiger charge is -2.08. The van der Waals surface area contributed by atoms with E-state index in [2.05, 4.69) is 10.1 Å². The van der Waals surface area contributed by atoms with Gasteiger partial charge in [0.2, 0.25) is 21.8 Å². The maximum absolute atomic E-state index is 11.8. The summed E-state index contributed by atoms with van der Waals surface area (Å²) in [6, 6.07) is 0. The van der Waals surface area contributed by atoms with E-state index in [1.54, 1.807) is 0 Å². The molecule has 0 saturated heterocycles. The van der Waals surface area contributed by atoms with Crippen molar-refractivity contribution in [1.29, 1.82) is 0 Å². The highest BCUT2D eigenvalue weighted by Gasteiger charge is 2.26. The zero-order valence-electron chi connectivity index (χ0n) is 12.7. The Kier molecular flexibility index (Phi) is 6.03. The summed E-state index contributed by atoms with van der Waals surface area (Å²) in [5, 5.41) is 2.68. The van der Waals surface area contributed by atoms with Crippen LogP contribution in [0.2, 0.25) is 0 Å². The molecule has 0 aliphatic carbocycles. The molecule has 0 fully saturated rings. The molecule has 9 nitrogen and oxygen atoms in total. The molecule has 0 radical (unpaired) electrons. The predicted molar refractivity (Wildman–Crippen MR) is 77.3 cm³/mol. The number of carbonyl (C=O) groups excluding carboxylic acids is 2. The maximum atomic E-state index is 11.8. The van der Waals surface area contributed by atoms with Gasteiger partial charge in [-0.05, 0) is 20.3 Å². The molecule has 0 aromatic carbocycles. The lowest BCUT2D eigenvalue weighted by Crippen LogP contribution is -2.36. The summed E-state index contributed by atoms with van der Waals surface area (Å²) in [4.78, 5) is 26.7. The van der Waals surface area contributed by atoms with Crippen molar-refractivity contribution in [2.45, 2.75) is 51.2 Å². The van der Waals surface area contributed by atoms with Crippen molar-refractivity contribution in [2.75, 3.05) is 0 Å². The van der Waals surface area contributed by atoms with Gasteiger partial charge >= 0.3 is 5.91 Å². The van der Waals surface area contributed by atoms with Crippen molar-refractivity contribution >= 4 is 21.8 Å². The molecule has 22 heavy (non-hydrogen) atoms. The van der Waals surface area contributed by atoms with Gasteiger partial charge in [-0.1, -0.05) is 18.5 Å². The Balaban J connectivity index is 2.90. The number of sulfonamides is 1. The van der Waals surface area contributed by atoms with E-state index in [0.29, 0.717) is 6.42 Å². The van der Waals surface area contributed by atoms with E-state index in [9.17, 15) is 18.0 Å². The molecule has 0 bridgehead atoms. The summed E-state index contributed by atoms with van der Waals surface area (Å²) >= 11 is 0. The number of hydrogen-bond donors (Lipinski definition) is 2. The van der Waals surface area contributed by atoms with Crippen LogP contribution in [-0.2, 0) is 14.8 Å². The minimum Gasteiger partial charge on any atom is -0.370 e. The van der Waals surface area contributed by atoms with Crippen LogP contribution >= 0.6 is 0 Å². The first-order valence-electron chi connectivity index (χ1n) is 6.85. The molecule has 1 atom stereocenters. The van der Waals surface area contributed by atoms with Crippen LogP contribution in [0.25, 0.3) is 0 Å². The summed E-state index contributed by atoms with van der Waals surface area (Å²) in [7, 11) is -3.78. The minimum atomic E-state index is -3.78. The van der Waals surface area contributed by atoms with Crippen LogP contribution in [-0.4, -0.2) is 35.6 Å². The first kappa shape index (κ1) is 18.1. The van der Waals surface area contributed by atoms with E-state index in [-0.39, 0.29) is 12.3 Å². The van der Waals surface area contributed by atoms with Crippen LogP contribution in [0.4, 0.5) is 0 Å². The van der Waals surface area contributed by atoms with Crippen LogP contribution in [0.15, 0.2) is 4.52 Å². The van der Waals surface area contributed by atoms with E-state index in [1.165, 1.54) is 13.8 Å². The van der Waals surface area contributed by atoms with E-state index >= 15 is 0 Å². The van der Waals surface area contributed by atoms with Crippen LogP contribution in [0.5, 0.6) is 0 Å². The number of carbonyl (C=O) groups is 2. The van der Waals surface area contributed by atoms with Crippen molar-refractivity contribution in [3.05, 3.63) is 11.7 Å². The Morgan fingerprint density at radius 2 is 2.00 bits per heavy atom. The molecule has 0 saturated carbocycles. The average molecular weight is 332 g/mol. The fraction of sp³-hybridized carbons (Fsp3) is 0.667. The molecule has 1 aromatic rings. The number of primary amides is 1. The molecule has 10 heteroatoms. The van der Waals surface area contributed by atoms with Gasteiger partial charge in [0.25, 0.3) is 5.82 Å². The minimum absolute atomic E-state index is 0.0153. The molecule has 1 rings (SSSR count). The Labute approximate surface area is 128 Å². The molecular weight excluding hydrogens is 312 g/mol. The standard InChI is InChI=1S/C12H20N4O5S/c1-4-5-8(6-9(13)17)12-14-10(15-21-12)11(18)16-22(19,20)7(2)3/h7-8H,4-6H2,1-3H3,(H2,13,17)(H,16,18). The Bertz CT molecular complexity index is 638. The number of nitrogens with one attached hydrogen (secondary N) is 1. The highest BCUT2D eigenvalue weighted by molar-refractivity contribution is 7.90. The fourth-order valence-electron chi connectivity index (χ4n) is 1.69. The van der Waals surface area contributed by atoms with Crippen molar-refractivity contribution in [1.82, 2.24) is 14.9 Å². The van der Waals surface area contributed by atoms with Crippen molar-refractivity contribution in [2.24, 2.45) is 5.73 Å². The third-order valence-corrected chi connectivity index (χ3v) is 4.65. The van der Waals surface area contributed by atoms with Gasteiger partial charge in [0, 0.05) is 12.3 Å². The summed E-state index contributed by atoms with van der Waals surface area (Å²) < 4.78 is 30.1. The fourth-order valence-corrected chi connectivity index (χ4v) is 2.28. The predicted octanol–water partition coefficient (Wildman–Crippen LogP) is 0.297. The van der Waals surface area contributed by atoms with Gasteiger partial charge in [-0.2, -0.15) is 4.98 Å². The Hall–Kier alpha value is -1.97. The van der Waals surface area contributed by atoms with Gasteiger partial charge in [-0.3, -0.25) is 9.59 Å². The van der Waals surface area contributed by atoms with E-state index in [4.69, 9.17) is 10.3 Å². The monoisotopic (exact) mass is 332 g/mol. The number of aromatic nitrogens is 2. The Morgan fingerprint density at radius 1 is 1.36 bits per heavy atom. The second-order valence-electron chi connectivity index (χ2n) is 5.14. The highest BCUT2D eigenvalue weighted by Crippen LogP contribution is 2.23. The highest BCUT2D eigenvalue weighted by atomic mass is 32.2. The van der Waals surface area contributed by atoms with Crippen LogP contribution in [0, 0.1) is 0 Å². The average Bonchev–Trinajstić information content (AvgIpc) is 2.86. The molecule has 1 heterocycles. The zero-order chi connectivity index (χ0) is 16.9. The number of amides is 2. The van der Waals surface area contributed by atoms with Crippen LogP contribution < -0.4 is 10.5 Å². The topological polar surface area (TPSA) is 145 Å². The number of rotatable bonds is 8. The summed E-state index contributed by atoms with van der Waals surface area (Å²) in [6.07, 6.45) is 1.35. The van der Waals surface area contributed by atoms with E-state index in [1.807, 2.05) is 11.6 Å². The third-order valence-electron chi connectivity index (χ3n) is 2.93. The summed E-state index contributed by atoms with van der Waals surface area (Å²) in [5.41, 5.74) is 5.16. The molecule has 0 aliphatic rings. The van der Waals surface area contributed by atoms with Crippen LogP contribution in [0.3, 0.4) is 0 Å². The van der Waals surface area contributed by atoms with Gasteiger partial charge in [0.1, 0.15) is 0 Å². The SMILES string of the molecule is CCCC(CC(N)=O)c1nc(C(=O)NS(=O)(=O)C(C)C)no1. The van der Waals surface area contributed by atoms with Gasteiger partial charge in [-0.25, -0.2) is 13.1 Å². The molecule has 1 unspecified atom stereocenters. The van der Waals surface area contributed by atoms with E-state index < -0.39 is 38.8 Å².